The molecule has 0 fully saturated rings. The summed E-state index contributed by atoms with van der Waals surface area (Å²) in [5.74, 6) is -0.265. The highest BCUT2D eigenvalue weighted by molar-refractivity contribution is 6.31. The van der Waals surface area contributed by atoms with E-state index in [-0.39, 0.29) is 11.9 Å². The maximum Gasteiger partial charge on any atom is 0.272 e. The van der Waals surface area contributed by atoms with E-state index in [9.17, 15) is 4.79 Å². The Balaban J connectivity index is 1.86. The molecule has 3 aromatic heterocycles. The van der Waals surface area contributed by atoms with Crippen molar-refractivity contribution < 1.29 is 4.79 Å². The van der Waals surface area contributed by atoms with Crippen molar-refractivity contribution in [3.8, 4) is 0 Å². The second-order valence-electron chi connectivity index (χ2n) is 5.01. The van der Waals surface area contributed by atoms with Gasteiger partial charge in [0.05, 0.1) is 23.1 Å². The number of nitrogens with one attached hydrogen (secondary N) is 2. The molecule has 3 heterocycles. The van der Waals surface area contributed by atoms with Crippen molar-refractivity contribution in [2.75, 3.05) is 5.32 Å². The molecule has 0 spiro atoms. The van der Waals surface area contributed by atoms with E-state index >= 15 is 0 Å². The Labute approximate surface area is 126 Å². The Morgan fingerprint density at radius 1 is 1.38 bits per heavy atom. The van der Waals surface area contributed by atoms with Crippen LogP contribution in [-0.2, 0) is 0 Å². The van der Waals surface area contributed by atoms with Gasteiger partial charge in [-0.1, -0.05) is 11.6 Å². The molecule has 0 aliphatic carbocycles. The van der Waals surface area contributed by atoms with Crippen LogP contribution in [0.1, 0.15) is 30.4 Å². The molecule has 0 saturated heterocycles. The maximum atomic E-state index is 12.0. The highest BCUT2D eigenvalue weighted by atomic mass is 35.5. The molecule has 0 saturated carbocycles. The van der Waals surface area contributed by atoms with Gasteiger partial charge in [0.25, 0.3) is 5.91 Å². The average Bonchev–Trinajstić information content (AvgIpc) is 3.04. The van der Waals surface area contributed by atoms with E-state index in [0.717, 1.165) is 11.0 Å². The molecule has 21 heavy (non-hydrogen) atoms. The highest BCUT2D eigenvalue weighted by Gasteiger charge is 2.11. The Hall–Kier alpha value is -2.34. The molecular weight excluding hydrogens is 290 g/mol. The van der Waals surface area contributed by atoms with Crippen LogP contribution in [0.4, 0.5) is 5.69 Å². The van der Waals surface area contributed by atoms with E-state index in [1.165, 1.54) is 0 Å². The second-order valence-corrected chi connectivity index (χ2v) is 5.44. The SMILES string of the molecule is CC(C)n1ncc2cc(NC(=O)c3cc(Cl)c[nH]3)cnc21. The van der Waals surface area contributed by atoms with Crippen LogP contribution < -0.4 is 5.32 Å². The summed E-state index contributed by atoms with van der Waals surface area (Å²) < 4.78 is 1.84. The van der Waals surface area contributed by atoms with Gasteiger partial charge in [0.15, 0.2) is 5.65 Å². The molecule has 0 unspecified atom stereocenters. The number of carbonyl (C=O) groups excluding carboxylic acids is 1. The number of hydrogen-bond acceptors (Lipinski definition) is 3. The molecular formula is C14H14ClN5O. The van der Waals surface area contributed by atoms with Crippen molar-refractivity contribution in [3.63, 3.8) is 0 Å². The van der Waals surface area contributed by atoms with E-state index in [4.69, 9.17) is 11.6 Å². The number of pyridine rings is 1. The second kappa shape index (κ2) is 5.21. The summed E-state index contributed by atoms with van der Waals surface area (Å²) in [6, 6.07) is 3.65. The van der Waals surface area contributed by atoms with Crippen LogP contribution in [0.5, 0.6) is 0 Å². The van der Waals surface area contributed by atoms with Crippen molar-refractivity contribution in [2.45, 2.75) is 19.9 Å². The topological polar surface area (TPSA) is 75.6 Å². The summed E-state index contributed by atoms with van der Waals surface area (Å²) in [6.07, 6.45) is 4.92. The third kappa shape index (κ3) is 2.62. The third-order valence-corrected chi connectivity index (χ3v) is 3.29. The quantitative estimate of drug-likeness (QED) is 0.780. The molecule has 0 radical (unpaired) electrons. The lowest BCUT2D eigenvalue weighted by Gasteiger charge is -2.07. The third-order valence-electron chi connectivity index (χ3n) is 3.07. The summed E-state index contributed by atoms with van der Waals surface area (Å²) in [6.45, 7) is 4.08. The Morgan fingerprint density at radius 2 is 2.19 bits per heavy atom. The molecule has 0 atom stereocenters. The molecule has 3 aromatic rings. The predicted molar refractivity (Wildman–Crippen MR) is 81.7 cm³/mol. The summed E-state index contributed by atoms with van der Waals surface area (Å²) in [7, 11) is 0. The van der Waals surface area contributed by atoms with E-state index < -0.39 is 0 Å². The van der Waals surface area contributed by atoms with Crippen molar-refractivity contribution in [1.29, 1.82) is 0 Å². The zero-order valence-corrected chi connectivity index (χ0v) is 12.3. The van der Waals surface area contributed by atoms with Crippen molar-refractivity contribution >= 4 is 34.2 Å². The summed E-state index contributed by atoms with van der Waals surface area (Å²) in [4.78, 5) is 19.2. The molecule has 0 aliphatic rings. The first kappa shape index (κ1) is 13.6. The Bertz CT molecular complexity index is 805. The number of anilines is 1. The molecule has 1 amide bonds. The number of hydrogen-bond donors (Lipinski definition) is 2. The monoisotopic (exact) mass is 303 g/mol. The smallest absolute Gasteiger partial charge is 0.272 e. The number of aromatic amines is 1. The summed E-state index contributed by atoms with van der Waals surface area (Å²) in [5, 5.41) is 8.44. The first-order chi connectivity index (χ1) is 10.0. The number of H-pyrrole nitrogens is 1. The van der Waals surface area contributed by atoms with Gasteiger partial charge in [0.2, 0.25) is 0 Å². The minimum absolute atomic E-state index is 0.233. The van der Waals surface area contributed by atoms with E-state index in [1.54, 1.807) is 24.7 Å². The van der Waals surface area contributed by atoms with Crippen LogP contribution in [0, 0.1) is 0 Å². The molecule has 3 rings (SSSR count). The maximum absolute atomic E-state index is 12.0. The zero-order chi connectivity index (χ0) is 15.0. The van der Waals surface area contributed by atoms with Crippen LogP contribution in [0.3, 0.4) is 0 Å². The van der Waals surface area contributed by atoms with Crippen LogP contribution >= 0.6 is 11.6 Å². The van der Waals surface area contributed by atoms with Gasteiger partial charge in [-0.2, -0.15) is 5.10 Å². The van der Waals surface area contributed by atoms with Crippen molar-refractivity contribution in [3.05, 3.63) is 41.4 Å². The Kier molecular flexibility index (Phi) is 3.39. The van der Waals surface area contributed by atoms with Gasteiger partial charge in [0, 0.05) is 17.6 Å². The minimum atomic E-state index is -0.265. The van der Waals surface area contributed by atoms with Crippen LogP contribution in [0.2, 0.25) is 5.02 Å². The van der Waals surface area contributed by atoms with E-state index in [1.807, 2.05) is 24.6 Å². The number of aromatic nitrogens is 4. The van der Waals surface area contributed by atoms with Crippen LogP contribution in [0.25, 0.3) is 11.0 Å². The largest absolute Gasteiger partial charge is 0.356 e. The molecule has 0 aromatic carbocycles. The van der Waals surface area contributed by atoms with Gasteiger partial charge in [-0.3, -0.25) is 4.79 Å². The standard InChI is InChI=1S/C14H14ClN5O/c1-8(2)20-13-9(5-18-20)3-11(7-17-13)19-14(21)12-4-10(15)6-16-12/h3-8,16H,1-2H3,(H,19,21). The zero-order valence-electron chi connectivity index (χ0n) is 11.6. The number of rotatable bonds is 3. The Morgan fingerprint density at radius 3 is 2.86 bits per heavy atom. The minimum Gasteiger partial charge on any atom is -0.356 e. The van der Waals surface area contributed by atoms with Gasteiger partial charge in [-0.25, -0.2) is 9.67 Å². The van der Waals surface area contributed by atoms with E-state index in [2.05, 4.69) is 20.4 Å². The molecule has 108 valence electrons. The number of halogens is 1. The lowest BCUT2D eigenvalue weighted by molar-refractivity contribution is 0.102. The van der Waals surface area contributed by atoms with Gasteiger partial charge < -0.3 is 10.3 Å². The molecule has 7 heteroatoms. The molecule has 6 nitrogen and oxygen atoms in total. The lowest BCUT2D eigenvalue weighted by atomic mass is 10.3. The van der Waals surface area contributed by atoms with Crippen LogP contribution in [0.15, 0.2) is 30.7 Å². The summed E-state index contributed by atoms with van der Waals surface area (Å²) in [5.41, 5.74) is 1.81. The average molecular weight is 304 g/mol. The van der Waals surface area contributed by atoms with Gasteiger partial charge in [0.1, 0.15) is 5.69 Å². The van der Waals surface area contributed by atoms with Gasteiger partial charge in [-0.05, 0) is 26.0 Å². The van der Waals surface area contributed by atoms with E-state index in [0.29, 0.717) is 16.4 Å². The van der Waals surface area contributed by atoms with Crippen molar-refractivity contribution in [2.24, 2.45) is 0 Å². The molecule has 0 bridgehead atoms. The molecule has 2 N–H and O–H groups in total. The van der Waals surface area contributed by atoms with Crippen LogP contribution in [-0.4, -0.2) is 25.7 Å². The number of carbonyl (C=O) groups is 1. The number of amides is 1. The van der Waals surface area contributed by atoms with Crippen molar-refractivity contribution in [1.82, 2.24) is 19.7 Å². The van der Waals surface area contributed by atoms with Gasteiger partial charge in [-0.15, -0.1) is 0 Å². The normalized spacial score (nSPS) is 11.2. The number of nitrogens with zero attached hydrogens (tertiary/aromatic N) is 3. The summed E-state index contributed by atoms with van der Waals surface area (Å²) >= 11 is 5.78. The fourth-order valence-corrected chi connectivity index (χ4v) is 2.25. The fraction of sp³-hybridized carbons (Fsp3) is 0.214. The number of fused-ring (bicyclic) bond motifs is 1. The predicted octanol–water partition coefficient (Wildman–Crippen LogP) is 3.25. The fourth-order valence-electron chi connectivity index (χ4n) is 2.08. The lowest BCUT2D eigenvalue weighted by Crippen LogP contribution is -2.12. The van der Waals surface area contributed by atoms with Gasteiger partial charge >= 0.3 is 0 Å². The first-order valence-corrected chi connectivity index (χ1v) is 6.91. The molecule has 0 aliphatic heterocycles. The highest BCUT2D eigenvalue weighted by Crippen LogP contribution is 2.19. The first-order valence-electron chi connectivity index (χ1n) is 6.53.